The highest BCUT2D eigenvalue weighted by Gasteiger charge is 2.25. The van der Waals surface area contributed by atoms with Gasteiger partial charge >= 0.3 is 0 Å². The highest BCUT2D eigenvalue weighted by Crippen LogP contribution is 2.28. The van der Waals surface area contributed by atoms with Gasteiger partial charge in [-0.3, -0.25) is 4.79 Å². The lowest BCUT2D eigenvalue weighted by Crippen LogP contribution is -2.28. The number of nitrogens with one attached hydrogen (secondary N) is 3. The quantitative estimate of drug-likeness (QED) is 0.445. The van der Waals surface area contributed by atoms with Crippen LogP contribution >= 0.6 is 11.8 Å². The number of rotatable bonds is 8. The van der Waals surface area contributed by atoms with E-state index in [1.54, 1.807) is 12.3 Å². The van der Waals surface area contributed by atoms with Gasteiger partial charge in [0, 0.05) is 24.7 Å². The number of carbonyl (C=O) groups excluding carboxylic acids is 1. The lowest BCUT2D eigenvalue weighted by molar-refractivity contribution is -0.113. The molecule has 34 heavy (non-hydrogen) atoms. The molecule has 1 saturated carbocycles. The molecule has 1 amide bonds. The van der Waals surface area contributed by atoms with Crippen LogP contribution in [0.5, 0.6) is 5.88 Å². The third kappa shape index (κ3) is 5.11. The second kappa shape index (κ2) is 10.2. The van der Waals surface area contributed by atoms with Crippen LogP contribution in [0.25, 0.3) is 11.0 Å². The first-order valence-corrected chi connectivity index (χ1v) is 12.3. The summed E-state index contributed by atoms with van der Waals surface area (Å²) in [5, 5.41) is 10.5. The van der Waals surface area contributed by atoms with Gasteiger partial charge in [0.15, 0.2) is 5.82 Å². The number of halogens is 1. The molecule has 0 spiro atoms. The summed E-state index contributed by atoms with van der Waals surface area (Å²) >= 11 is 1.41. The summed E-state index contributed by atoms with van der Waals surface area (Å²) in [7, 11) is 1.52. The fourth-order valence-corrected chi connectivity index (χ4v) is 5.14. The fraction of sp³-hybridized carbons (Fsp3) is 0.435. The van der Waals surface area contributed by atoms with Gasteiger partial charge in [0.2, 0.25) is 11.8 Å². The van der Waals surface area contributed by atoms with Crippen LogP contribution in [0.1, 0.15) is 30.5 Å². The number of hydrogen-bond acceptors (Lipinski definition) is 9. The second-order valence-electron chi connectivity index (χ2n) is 8.55. The Balaban J connectivity index is 1.12. The number of ether oxygens (including phenoxy) is 1. The van der Waals surface area contributed by atoms with Crippen LogP contribution in [-0.2, 0) is 17.9 Å². The van der Waals surface area contributed by atoms with Gasteiger partial charge in [-0.05, 0) is 43.9 Å². The Labute approximate surface area is 200 Å². The van der Waals surface area contributed by atoms with E-state index in [-0.39, 0.29) is 11.7 Å². The Bertz CT molecular complexity index is 1210. The van der Waals surface area contributed by atoms with Crippen LogP contribution in [0, 0.1) is 11.7 Å². The van der Waals surface area contributed by atoms with E-state index in [2.05, 4.69) is 35.9 Å². The van der Waals surface area contributed by atoms with Crippen molar-refractivity contribution in [3.63, 3.8) is 0 Å². The second-order valence-corrected chi connectivity index (χ2v) is 9.51. The van der Waals surface area contributed by atoms with Crippen molar-refractivity contribution in [3.05, 3.63) is 41.6 Å². The first-order chi connectivity index (χ1) is 16.6. The predicted molar refractivity (Wildman–Crippen MR) is 127 cm³/mol. The molecule has 0 bridgehead atoms. The first kappa shape index (κ1) is 22.9. The van der Waals surface area contributed by atoms with E-state index in [0.29, 0.717) is 59.1 Å². The Morgan fingerprint density at radius 2 is 2.12 bits per heavy atom. The fourth-order valence-electron chi connectivity index (χ4n) is 4.44. The topological polar surface area (TPSA) is 114 Å². The Hall–Kier alpha value is -2.89. The largest absolute Gasteiger partial charge is 0.480 e. The van der Waals surface area contributed by atoms with E-state index in [0.717, 1.165) is 36.5 Å². The Morgan fingerprint density at radius 3 is 3.00 bits per heavy atom. The minimum Gasteiger partial charge on any atom is -0.480 e. The van der Waals surface area contributed by atoms with Crippen LogP contribution in [0.2, 0.25) is 0 Å². The number of methoxy groups -OCH3 is 1. The van der Waals surface area contributed by atoms with Gasteiger partial charge in [-0.1, -0.05) is 11.8 Å². The monoisotopic (exact) mass is 483 g/mol. The molecular formula is C23H26FN7O2S. The molecule has 3 N–H and O–H groups in total. The number of hydrogen-bond donors (Lipinski definition) is 3. The van der Waals surface area contributed by atoms with E-state index < -0.39 is 0 Å². The number of thioether (sulfide) groups is 1. The average Bonchev–Trinajstić information content (AvgIpc) is 3.30. The van der Waals surface area contributed by atoms with Crippen molar-refractivity contribution in [3.8, 4) is 5.88 Å². The molecule has 1 aliphatic heterocycles. The van der Waals surface area contributed by atoms with Crippen molar-refractivity contribution in [2.24, 2.45) is 5.92 Å². The van der Waals surface area contributed by atoms with Gasteiger partial charge in [0.05, 0.1) is 36.5 Å². The predicted octanol–water partition coefficient (Wildman–Crippen LogP) is 2.66. The summed E-state index contributed by atoms with van der Waals surface area (Å²) in [4.78, 5) is 29.2. The smallest absolute Gasteiger partial charge is 0.236 e. The number of anilines is 1. The lowest BCUT2D eigenvalue weighted by atomic mass is 10.1. The maximum absolute atomic E-state index is 14.6. The number of fused-ring (bicyclic) bond motifs is 2. The highest BCUT2D eigenvalue weighted by atomic mass is 32.2. The van der Waals surface area contributed by atoms with E-state index >= 15 is 0 Å². The summed E-state index contributed by atoms with van der Waals surface area (Å²) in [6.45, 7) is 1.85. The summed E-state index contributed by atoms with van der Waals surface area (Å²) in [5.41, 5.74) is 2.50. The molecule has 11 heteroatoms. The molecule has 1 aliphatic carbocycles. The molecule has 2 atom stereocenters. The molecule has 0 unspecified atom stereocenters. The number of carbonyl (C=O) groups is 1. The van der Waals surface area contributed by atoms with Crippen molar-refractivity contribution in [1.29, 1.82) is 0 Å². The van der Waals surface area contributed by atoms with Crippen molar-refractivity contribution >= 4 is 34.5 Å². The summed E-state index contributed by atoms with van der Waals surface area (Å²) in [6.07, 6.45) is 6.44. The van der Waals surface area contributed by atoms with E-state index in [9.17, 15) is 9.18 Å². The van der Waals surface area contributed by atoms with E-state index in [1.165, 1.54) is 31.1 Å². The third-order valence-corrected chi connectivity index (χ3v) is 7.16. The van der Waals surface area contributed by atoms with Gasteiger partial charge in [-0.15, -0.1) is 0 Å². The molecule has 178 valence electrons. The summed E-state index contributed by atoms with van der Waals surface area (Å²) in [6, 6.07) is 3.39. The van der Waals surface area contributed by atoms with Gasteiger partial charge in [-0.25, -0.2) is 24.3 Å². The lowest BCUT2D eigenvalue weighted by Gasteiger charge is -2.16. The van der Waals surface area contributed by atoms with Gasteiger partial charge < -0.3 is 20.7 Å². The standard InChI is InChI=1S/C23H26FN7O2S/c1-33-20-11-27-18-5-4-17(24)16(21(18)31-20)10-26-14-3-2-13(6-14)7-25-8-15-9-28-23-22(29-15)30-19(32)12-34-23/h4-5,9,11,13-14,25-26H,2-3,6-8,10,12H2,1H3,(H,29,30,32)/t13-,14+/m1/s1. The molecule has 3 aromatic rings. The molecule has 1 aromatic carbocycles. The SMILES string of the molecule is COc1cnc2ccc(F)c(CN[C@H]3CC[C@@H](CNCc4cnc5c(n4)NC(=O)CS5)C3)c2n1. The molecule has 3 heterocycles. The van der Waals surface area contributed by atoms with Crippen LogP contribution in [0.3, 0.4) is 0 Å². The zero-order valence-electron chi connectivity index (χ0n) is 18.8. The first-order valence-electron chi connectivity index (χ1n) is 11.3. The van der Waals surface area contributed by atoms with Crippen molar-refractivity contribution < 1.29 is 13.9 Å². The van der Waals surface area contributed by atoms with Gasteiger partial charge in [-0.2, -0.15) is 0 Å². The van der Waals surface area contributed by atoms with E-state index in [4.69, 9.17) is 4.74 Å². The Kier molecular flexibility index (Phi) is 6.84. The Morgan fingerprint density at radius 1 is 1.21 bits per heavy atom. The molecule has 2 aliphatic rings. The van der Waals surface area contributed by atoms with Crippen molar-refractivity contribution in [2.75, 3.05) is 24.7 Å². The normalized spacial score (nSPS) is 19.8. The number of nitrogens with zero attached hydrogens (tertiary/aromatic N) is 4. The van der Waals surface area contributed by atoms with Gasteiger partial charge in [0.25, 0.3) is 0 Å². The maximum atomic E-state index is 14.6. The maximum Gasteiger partial charge on any atom is 0.236 e. The number of benzene rings is 1. The van der Waals surface area contributed by atoms with Crippen LogP contribution in [0.4, 0.5) is 10.2 Å². The number of amides is 1. The average molecular weight is 484 g/mol. The minimum absolute atomic E-state index is 0.0454. The van der Waals surface area contributed by atoms with Crippen molar-refractivity contribution in [2.45, 2.75) is 43.4 Å². The third-order valence-electron chi connectivity index (χ3n) is 6.18. The zero-order chi connectivity index (χ0) is 23.5. The number of aromatic nitrogens is 4. The summed E-state index contributed by atoms with van der Waals surface area (Å²) < 4.78 is 19.7. The highest BCUT2D eigenvalue weighted by molar-refractivity contribution is 8.00. The minimum atomic E-state index is -0.292. The van der Waals surface area contributed by atoms with Gasteiger partial charge in [0.1, 0.15) is 16.4 Å². The molecule has 2 aromatic heterocycles. The van der Waals surface area contributed by atoms with E-state index in [1.807, 2.05) is 0 Å². The summed E-state index contributed by atoms with van der Waals surface area (Å²) in [5.74, 6) is 1.49. The molecule has 9 nitrogen and oxygen atoms in total. The zero-order valence-corrected chi connectivity index (χ0v) is 19.6. The molecule has 5 rings (SSSR count). The molecule has 1 fully saturated rings. The van der Waals surface area contributed by atoms with Crippen LogP contribution < -0.4 is 20.7 Å². The molecular weight excluding hydrogens is 457 g/mol. The van der Waals surface area contributed by atoms with Crippen LogP contribution in [0.15, 0.2) is 29.6 Å². The van der Waals surface area contributed by atoms with Crippen molar-refractivity contribution in [1.82, 2.24) is 30.6 Å². The molecule has 0 saturated heterocycles. The van der Waals surface area contributed by atoms with Crippen LogP contribution in [-0.4, -0.2) is 51.3 Å². The molecule has 0 radical (unpaired) electrons.